The van der Waals surface area contributed by atoms with Crippen molar-refractivity contribution in [1.82, 2.24) is 5.06 Å². The fourth-order valence-electron chi connectivity index (χ4n) is 1.93. The van der Waals surface area contributed by atoms with Crippen LogP contribution in [0.4, 0.5) is 0 Å². The van der Waals surface area contributed by atoms with E-state index in [1.807, 2.05) is 0 Å². The normalized spacial score (nSPS) is 11.2. The summed E-state index contributed by atoms with van der Waals surface area (Å²) >= 11 is 5.61. The van der Waals surface area contributed by atoms with Crippen molar-refractivity contribution in [2.24, 2.45) is 0 Å². The number of benzene rings is 1. The van der Waals surface area contributed by atoms with Gasteiger partial charge in [0, 0.05) is 12.6 Å². The molecule has 1 rings (SSSR count). The first-order valence-electron chi connectivity index (χ1n) is 5.87. The standard InChI is InChI=1S/C14H18ClNO3/c1-14(2,13(18)16(3)19-4)11-8-6-5-7-10(11)12(17)9-15/h5-8H,9H2,1-4H3. The number of hydrogen-bond donors (Lipinski definition) is 0. The van der Waals surface area contributed by atoms with E-state index in [1.54, 1.807) is 38.1 Å². The van der Waals surface area contributed by atoms with Crippen molar-refractivity contribution in [3.63, 3.8) is 0 Å². The molecule has 104 valence electrons. The van der Waals surface area contributed by atoms with E-state index in [4.69, 9.17) is 16.4 Å². The van der Waals surface area contributed by atoms with Gasteiger partial charge in [-0.1, -0.05) is 24.3 Å². The number of amides is 1. The Hall–Kier alpha value is -1.39. The van der Waals surface area contributed by atoms with E-state index in [2.05, 4.69) is 0 Å². The Labute approximate surface area is 118 Å². The zero-order chi connectivity index (χ0) is 14.6. The summed E-state index contributed by atoms with van der Waals surface area (Å²) in [5, 5.41) is 1.15. The molecule has 0 aromatic heterocycles. The fraction of sp³-hybridized carbons (Fsp3) is 0.429. The molecule has 0 N–H and O–H groups in total. The molecule has 0 aliphatic heterocycles. The predicted octanol–water partition coefficient (Wildman–Crippen LogP) is 2.41. The van der Waals surface area contributed by atoms with Gasteiger partial charge in [-0.25, -0.2) is 5.06 Å². The summed E-state index contributed by atoms with van der Waals surface area (Å²) in [5.41, 5.74) is 0.248. The summed E-state index contributed by atoms with van der Waals surface area (Å²) in [4.78, 5) is 29.1. The van der Waals surface area contributed by atoms with Gasteiger partial charge in [0.1, 0.15) is 0 Å². The lowest BCUT2D eigenvalue weighted by atomic mass is 9.80. The Morgan fingerprint density at radius 3 is 2.42 bits per heavy atom. The summed E-state index contributed by atoms with van der Waals surface area (Å²) in [6.45, 7) is 3.51. The molecule has 0 unspecified atom stereocenters. The van der Waals surface area contributed by atoms with Crippen LogP contribution in [0.3, 0.4) is 0 Å². The fourth-order valence-corrected chi connectivity index (χ4v) is 2.08. The van der Waals surface area contributed by atoms with Crippen LogP contribution in [0.1, 0.15) is 29.8 Å². The third-order valence-electron chi connectivity index (χ3n) is 3.12. The van der Waals surface area contributed by atoms with Crippen molar-refractivity contribution in [3.8, 4) is 0 Å². The van der Waals surface area contributed by atoms with Crippen molar-refractivity contribution >= 4 is 23.3 Å². The van der Waals surface area contributed by atoms with Crippen LogP contribution in [-0.2, 0) is 15.0 Å². The Kier molecular flexibility index (Phi) is 5.09. The van der Waals surface area contributed by atoms with E-state index in [-0.39, 0.29) is 17.6 Å². The summed E-state index contributed by atoms with van der Waals surface area (Å²) in [6, 6.07) is 7.00. The highest BCUT2D eigenvalue weighted by atomic mass is 35.5. The van der Waals surface area contributed by atoms with Crippen molar-refractivity contribution in [1.29, 1.82) is 0 Å². The number of hydroxylamine groups is 2. The molecule has 19 heavy (non-hydrogen) atoms. The molecule has 5 heteroatoms. The van der Waals surface area contributed by atoms with Crippen molar-refractivity contribution in [2.75, 3.05) is 20.0 Å². The summed E-state index contributed by atoms with van der Waals surface area (Å²) in [6.07, 6.45) is 0. The average Bonchev–Trinajstić information content (AvgIpc) is 2.44. The lowest BCUT2D eigenvalue weighted by Gasteiger charge is -2.29. The van der Waals surface area contributed by atoms with Gasteiger partial charge in [-0.15, -0.1) is 11.6 Å². The summed E-state index contributed by atoms with van der Waals surface area (Å²) < 4.78 is 0. The second kappa shape index (κ2) is 6.17. The first-order valence-corrected chi connectivity index (χ1v) is 6.40. The molecule has 0 aliphatic rings. The molecule has 1 amide bonds. The van der Waals surface area contributed by atoms with Crippen molar-refractivity contribution in [3.05, 3.63) is 35.4 Å². The topological polar surface area (TPSA) is 46.6 Å². The maximum atomic E-state index is 12.3. The van der Waals surface area contributed by atoms with Crippen LogP contribution < -0.4 is 0 Å². The van der Waals surface area contributed by atoms with Gasteiger partial charge < -0.3 is 0 Å². The summed E-state index contributed by atoms with van der Waals surface area (Å²) in [5.74, 6) is -0.537. The Morgan fingerprint density at radius 1 is 1.32 bits per heavy atom. The minimum absolute atomic E-state index is 0.110. The maximum absolute atomic E-state index is 12.3. The largest absolute Gasteiger partial charge is 0.293 e. The van der Waals surface area contributed by atoms with Crippen molar-refractivity contribution < 1.29 is 14.4 Å². The Morgan fingerprint density at radius 2 is 1.89 bits per heavy atom. The quantitative estimate of drug-likeness (QED) is 0.474. The number of likely N-dealkylation sites (N-methyl/N-ethyl adjacent to an activating group) is 1. The molecule has 0 saturated carbocycles. The third-order valence-corrected chi connectivity index (χ3v) is 3.36. The first kappa shape index (κ1) is 15.7. The second-order valence-corrected chi connectivity index (χ2v) is 4.98. The lowest BCUT2D eigenvalue weighted by Crippen LogP contribution is -2.41. The number of Topliss-reactive ketones (excluding diaryl/α,β-unsaturated/α-hetero) is 1. The second-order valence-electron chi connectivity index (χ2n) is 4.71. The maximum Gasteiger partial charge on any atom is 0.255 e. The highest BCUT2D eigenvalue weighted by Crippen LogP contribution is 2.29. The predicted molar refractivity (Wildman–Crippen MR) is 74.3 cm³/mol. The number of hydrogen-bond acceptors (Lipinski definition) is 3. The molecular weight excluding hydrogens is 266 g/mol. The highest BCUT2D eigenvalue weighted by molar-refractivity contribution is 6.30. The number of carbonyl (C=O) groups excluding carboxylic acids is 2. The Bertz CT molecular complexity index is 485. The number of rotatable bonds is 5. The van der Waals surface area contributed by atoms with Gasteiger partial charge in [0.05, 0.1) is 18.4 Å². The highest BCUT2D eigenvalue weighted by Gasteiger charge is 2.35. The molecule has 0 spiro atoms. The van der Waals surface area contributed by atoms with E-state index in [9.17, 15) is 9.59 Å². The van der Waals surface area contributed by atoms with Gasteiger partial charge in [0.15, 0.2) is 5.78 Å². The van der Waals surface area contributed by atoms with Gasteiger partial charge in [0.25, 0.3) is 5.91 Å². The Balaban J connectivity index is 3.28. The van der Waals surface area contributed by atoms with Crippen LogP contribution in [-0.4, -0.2) is 36.8 Å². The zero-order valence-electron chi connectivity index (χ0n) is 11.6. The number of alkyl halides is 1. The summed E-state index contributed by atoms with van der Waals surface area (Å²) in [7, 11) is 2.96. The van der Waals surface area contributed by atoms with Crippen LogP contribution in [0.2, 0.25) is 0 Å². The van der Waals surface area contributed by atoms with Crippen LogP contribution in [0, 0.1) is 0 Å². The number of carbonyl (C=O) groups is 2. The molecule has 0 heterocycles. The van der Waals surface area contributed by atoms with Gasteiger partial charge in [0.2, 0.25) is 0 Å². The third kappa shape index (κ3) is 3.14. The van der Waals surface area contributed by atoms with Crippen LogP contribution in [0.5, 0.6) is 0 Å². The van der Waals surface area contributed by atoms with Crippen molar-refractivity contribution in [2.45, 2.75) is 19.3 Å². The van der Waals surface area contributed by atoms with Crippen LogP contribution >= 0.6 is 11.6 Å². The molecule has 0 fully saturated rings. The molecule has 0 saturated heterocycles. The lowest BCUT2D eigenvalue weighted by molar-refractivity contribution is -0.174. The molecule has 0 atom stereocenters. The first-order chi connectivity index (χ1) is 8.86. The SMILES string of the molecule is CON(C)C(=O)C(C)(C)c1ccccc1C(=O)CCl. The van der Waals surface area contributed by atoms with Gasteiger partial charge in [-0.05, 0) is 19.4 Å². The van der Waals surface area contributed by atoms with E-state index in [0.717, 1.165) is 5.06 Å². The molecular formula is C14H18ClNO3. The average molecular weight is 284 g/mol. The molecule has 0 aliphatic carbocycles. The minimum Gasteiger partial charge on any atom is -0.293 e. The molecule has 1 aromatic carbocycles. The van der Waals surface area contributed by atoms with E-state index in [0.29, 0.717) is 11.1 Å². The molecule has 4 nitrogen and oxygen atoms in total. The smallest absolute Gasteiger partial charge is 0.255 e. The van der Waals surface area contributed by atoms with E-state index < -0.39 is 5.41 Å². The molecule has 0 radical (unpaired) electrons. The monoisotopic (exact) mass is 283 g/mol. The molecule has 1 aromatic rings. The molecule has 0 bridgehead atoms. The number of nitrogens with zero attached hydrogens (tertiary/aromatic N) is 1. The number of ketones is 1. The van der Waals surface area contributed by atoms with Gasteiger partial charge >= 0.3 is 0 Å². The van der Waals surface area contributed by atoms with Gasteiger partial charge in [-0.2, -0.15) is 0 Å². The minimum atomic E-state index is -0.872. The van der Waals surface area contributed by atoms with E-state index in [1.165, 1.54) is 14.2 Å². The number of halogens is 1. The van der Waals surface area contributed by atoms with Gasteiger partial charge in [-0.3, -0.25) is 14.4 Å². The van der Waals surface area contributed by atoms with Crippen LogP contribution in [0.25, 0.3) is 0 Å². The van der Waals surface area contributed by atoms with Crippen LogP contribution in [0.15, 0.2) is 24.3 Å². The van der Waals surface area contributed by atoms with E-state index >= 15 is 0 Å². The zero-order valence-corrected chi connectivity index (χ0v) is 12.3.